The Kier molecular flexibility index (Phi) is 8.08. The summed E-state index contributed by atoms with van der Waals surface area (Å²) in [6.07, 6.45) is 0. The lowest BCUT2D eigenvalue weighted by atomic mass is 10.2. The number of carbonyl (C=O) groups excluding carboxylic acids is 1. The molecule has 1 aliphatic rings. The zero-order valence-corrected chi connectivity index (χ0v) is 20.0. The van der Waals surface area contributed by atoms with Crippen LogP contribution in [0.15, 0.2) is 58.3 Å². The number of morpholine rings is 1. The van der Waals surface area contributed by atoms with Crippen molar-refractivity contribution in [1.82, 2.24) is 14.3 Å². The Morgan fingerprint density at radius 2 is 1.58 bits per heavy atom. The van der Waals surface area contributed by atoms with Crippen LogP contribution in [0.2, 0.25) is 0 Å². The number of nitrogens with one attached hydrogen (secondary N) is 2. The first-order valence-electron chi connectivity index (χ1n) is 10.2. The van der Waals surface area contributed by atoms with E-state index in [-0.39, 0.29) is 16.3 Å². The number of sulfonamides is 2. The summed E-state index contributed by atoms with van der Waals surface area (Å²) in [5.74, 6) is 0.000562. The summed E-state index contributed by atoms with van der Waals surface area (Å²) in [5, 5.41) is 2.65. The molecule has 1 aliphatic heterocycles. The highest BCUT2D eigenvalue weighted by Gasteiger charge is 2.26. The predicted octanol–water partition coefficient (Wildman–Crippen LogP) is 0.699. The number of rotatable bonds is 9. The van der Waals surface area contributed by atoms with E-state index in [1.54, 1.807) is 12.1 Å². The molecule has 0 bridgehead atoms. The van der Waals surface area contributed by atoms with Crippen LogP contribution in [-0.2, 0) is 36.1 Å². The third kappa shape index (κ3) is 6.30. The molecule has 0 saturated carbocycles. The van der Waals surface area contributed by atoms with Crippen molar-refractivity contribution in [2.45, 2.75) is 29.3 Å². The molecule has 33 heavy (non-hydrogen) atoms. The number of methoxy groups -OCH3 is 1. The lowest BCUT2D eigenvalue weighted by molar-refractivity contribution is -0.122. The minimum atomic E-state index is -3.89. The zero-order chi connectivity index (χ0) is 24.1. The van der Waals surface area contributed by atoms with E-state index < -0.39 is 32.0 Å². The van der Waals surface area contributed by atoms with E-state index in [0.29, 0.717) is 37.6 Å². The van der Waals surface area contributed by atoms with Gasteiger partial charge in [0.2, 0.25) is 26.0 Å². The summed E-state index contributed by atoms with van der Waals surface area (Å²) in [5.41, 5.74) is 0.675. The Labute approximate surface area is 194 Å². The van der Waals surface area contributed by atoms with Crippen molar-refractivity contribution < 1.29 is 31.1 Å². The third-order valence-electron chi connectivity index (χ3n) is 5.09. The molecule has 1 atom stereocenters. The topological polar surface area (TPSA) is 131 Å². The molecule has 0 aromatic heterocycles. The van der Waals surface area contributed by atoms with E-state index in [1.807, 2.05) is 0 Å². The highest BCUT2D eigenvalue weighted by molar-refractivity contribution is 7.89. The monoisotopic (exact) mass is 497 g/mol. The van der Waals surface area contributed by atoms with Crippen molar-refractivity contribution in [3.05, 3.63) is 54.1 Å². The zero-order valence-electron chi connectivity index (χ0n) is 18.4. The standard InChI is InChI=1S/C21H27N3O7S2/c1-16(23-32(26,27)19-9-5-18(30-2)6-10-19)21(25)22-15-17-3-7-20(8-4-17)33(28,29)24-11-13-31-14-12-24/h3-10,16,23H,11-15H2,1-2H3,(H,22,25)/t16-/m0/s1. The molecule has 1 saturated heterocycles. The van der Waals surface area contributed by atoms with E-state index in [0.717, 1.165) is 0 Å². The van der Waals surface area contributed by atoms with Crippen LogP contribution < -0.4 is 14.8 Å². The smallest absolute Gasteiger partial charge is 0.243 e. The van der Waals surface area contributed by atoms with Crippen LogP contribution in [0.5, 0.6) is 5.75 Å². The second kappa shape index (κ2) is 10.6. The van der Waals surface area contributed by atoms with Gasteiger partial charge < -0.3 is 14.8 Å². The molecule has 180 valence electrons. The maximum Gasteiger partial charge on any atom is 0.243 e. The second-order valence-corrected chi connectivity index (χ2v) is 11.0. The molecule has 1 fully saturated rings. The Hall–Kier alpha value is -2.51. The molecule has 12 heteroatoms. The largest absolute Gasteiger partial charge is 0.497 e. The van der Waals surface area contributed by atoms with Gasteiger partial charge in [-0.25, -0.2) is 16.8 Å². The molecule has 2 N–H and O–H groups in total. The Morgan fingerprint density at radius 1 is 1.00 bits per heavy atom. The summed E-state index contributed by atoms with van der Waals surface area (Å²) in [6, 6.07) is 11.0. The van der Waals surface area contributed by atoms with Gasteiger partial charge in [-0.1, -0.05) is 12.1 Å². The van der Waals surface area contributed by atoms with Crippen molar-refractivity contribution in [2.75, 3.05) is 33.4 Å². The number of benzene rings is 2. The maximum atomic E-state index is 12.7. The second-order valence-electron chi connectivity index (χ2n) is 7.40. The molecular formula is C21H27N3O7S2. The average Bonchev–Trinajstić information content (AvgIpc) is 2.83. The molecule has 0 radical (unpaired) electrons. The summed E-state index contributed by atoms with van der Waals surface area (Å²) in [7, 11) is -6.01. The van der Waals surface area contributed by atoms with Gasteiger partial charge in [0.15, 0.2) is 0 Å². The molecule has 2 aromatic carbocycles. The van der Waals surface area contributed by atoms with E-state index in [1.165, 1.54) is 54.7 Å². The van der Waals surface area contributed by atoms with E-state index >= 15 is 0 Å². The van der Waals surface area contributed by atoms with Crippen molar-refractivity contribution in [2.24, 2.45) is 0 Å². The van der Waals surface area contributed by atoms with E-state index in [9.17, 15) is 21.6 Å². The molecule has 2 aromatic rings. The van der Waals surface area contributed by atoms with E-state index in [2.05, 4.69) is 10.0 Å². The fourth-order valence-corrected chi connectivity index (χ4v) is 5.78. The summed E-state index contributed by atoms with van der Waals surface area (Å²) >= 11 is 0. The van der Waals surface area contributed by atoms with Crippen molar-refractivity contribution in [3.8, 4) is 5.75 Å². The summed E-state index contributed by atoms with van der Waals surface area (Å²) in [4.78, 5) is 12.6. The van der Waals surface area contributed by atoms with E-state index in [4.69, 9.17) is 9.47 Å². The Balaban J connectivity index is 1.56. The maximum absolute atomic E-state index is 12.7. The van der Waals surface area contributed by atoms with Crippen LogP contribution >= 0.6 is 0 Å². The predicted molar refractivity (Wildman–Crippen MR) is 121 cm³/mol. The van der Waals surface area contributed by atoms with Crippen LogP contribution in [-0.4, -0.2) is 66.5 Å². The Bertz CT molecular complexity index is 1160. The molecule has 1 heterocycles. The van der Waals surface area contributed by atoms with Crippen molar-refractivity contribution >= 4 is 26.0 Å². The normalized spacial score (nSPS) is 16.2. The summed E-state index contributed by atoms with van der Waals surface area (Å²) in [6.45, 7) is 2.90. The van der Waals surface area contributed by atoms with Gasteiger partial charge >= 0.3 is 0 Å². The first-order valence-corrected chi connectivity index (χ1v) is 13.2. The molecule has 1 amide bonds. The first-order chi connectivity index (χ1) is 15.6. The number of nitrogens with zero attached hydrogens (tertiary/aromatic N) is 1. The fourth-order valence-electron chi connectivity index (χ4n) is 3.17. The lowest BCUT2D eigenvalue weighted by Gasteiger charge is -2.26. The SMILES string of the molecule is COc1ccc(S(=O)(=O)N[C@@H](C)C(=O)NCc2ccc(S(=O)(=O)N3CCOCC3)cc2)cc1. The van der Waals surface area contributed by atoms with Gasteiger partial charge in [0, 0.05) is 19.6 Å². The molecule has 10 nitrogen and oxygen atoms in total. The number of hydrogen-bond acceptors (Lipinski definition) is 7. The number of carbonyl (C=O) groups is 1. The van der Waals surface area contributed by atoms with Gasteiger partial charge in [0.25, 0.3) is 0 Å². The van der Waals surface area contributed by atoms with Crippen LogP contribution in [0.25, 0.3) is 0 Å². The van der Waals surface area contributed by atoms with Gasteiger partial charge in [-0.3, -0.25) is 4.79 Å². The fraction of sp³-hybridized carbons (Fsp3) is 0.381. The van der Waals surface area contributed by atoms with Crippen LogP contribution in [0.3, 0.4) is 0 Å². The molecule has 0 unspecified atom stereocenters. The third-order valence-corrected chi connectivity index (χ3v) is 8.56. The molecular weight excluding hydrogens is 470 g/mol. The van der Waals surface area contributed by atoms with Crippen molar-refractivity contribution in [1.29, 1.82) is 0 Å². The number of hydrogen-bond donors (Lipinski definition) is 2. The molecule has 0 spiro atoms. The quantitative estimate of drug-likeness (QED) is 0.521. The van der Waals surface area contributed by atoms with Crippen LogP contribution in [0.4, 0.5) is 0 Å². The highest BCUT2D eigenvalue weighted by atomic mass is 32.2. The lowest BCUT2D eigenvalue weighted by Crippen LogP contribution is -2.44. The number of amides is 1. The van der Waals surface area contributed by atoms with Gasteiger partial charge in [-0.15, -0.1) is 0 Å². The van der Waals surface area contributed by atoms with Crippen LogP contribution in [0.1, 0.15) is 12.5 Å². The van der Waals surface area contributed by atoms with Crippen LogP contribution in [0, 0.1) is 0 Å². The highest BCUT2D eigenvalue weighted by Crippen LogP contribution is 2.18. The molecule has 3 rings (SSSR count). The number of ether oxygens (including phenoxy) is 2. The van der Waals surface area contributed by atoms with Gasteiger partial charge in [-0.2, -0.15) is 9.03 Å². The van der Waals surface area contributed by atoms with Gasteiger partial charge in [0.05, 0.1) is 36.2 Å². The van der Waals surface area contributed by atoms with Gasteiger partial charge in [-0.05, 0) is 48.9 Å². The Morgan fingerprint density at radius 3 is 2.15 bits per heavy atom. The average molecular weight is 498 g/mol. The molecule has 0 aliphatic carbocycles. The minimum absolute atomic E-state index is 0.0139. The summed E-state index contributed by atoms with van der Waals surface area (Å²) < 4.78 is 64.2. The first kappa shape index (κ1) is 25.1. The van der Waals surface area contributed by atoms with Crippen molar-refractivity contribution in [3.63, 3.8) is 0 Å². The van der Waals surface area contributed by atoms with Gasteiger partial charge in [0.1, 0.15) is 5.75 Å². The minimum Gasteiger partial charge on any atom is -0.497 e.